The summed E-state index contributed by atoms with van der Waals surface area (Å²) in [5, 5.41) is 4.59. The number of hydrogen-bond acceptors (Lipinski definition) is 4. The molecule has 1 saturated heterocycles. The summed E-state index contributed by atoms with van der Waals surface area (Å²) in [5.74, 6) is 0.0416. The maximum atomic E-state index is 12.3. The van der Waals surface area contributed by atoms with E-state index in [9.17, 15) is 4.79 Å². The summed E-state index contributed by atoms with van der Waals surface area (Å²) in [6, 6.07) is 13.4. The predicted molar refractivity (Wildman–Crippen MR) is 100 cm³/mol. The van der Waals surface area contributed by atoms with Gasteiger partial charge in [-0.15, -0.1) is 0 Å². The summed E-state index contributed by atoms with van der Waals surface area (Å²) in [6.45, 7) is 3.50. The maximum Gasteiger partial charge on any atom is 0.231 e. The number of aryl methyl sites for hydroxylation is 1. The molecular weight excluding hydrogens is 342 g/mol. The van der Waals surface area contributed by atoms with Crippen molar-refractivity contribution in [2.24, 2.45) is 5.92 Å². The van der Waals surface area contributed by atoms with Gasteiger partial charge in [0.25, 0.3) is 0 Å². The highest BCUT2D eigenvalue weighted by Gasteiger charge is 2.34. The first-order valence-electron chi connectivity index (χ1n) is 7.77. The fourth-order valence-corrected chi connectivity index (χ4v) is 3.94. The zero-order valence-electron chi connectivity index (χ0n) is 13.1. The van der Waals surface area contributed by atoms with Crippen molar-refractivity contribution in [3.05, 3.63) is 53.1 Å². The number of benzene rings is 2. The number of carbonyl (C=O) groups is 1. The van der Waals surface area contributed by atoms with Gasteiger partial charge in [-0.3, -0.25) is 4.79 Å². The fourth-order valence-electron chi connectivity index (χ4n) is 2.73. The Hall–Kier alpha value is -2.11. The molecule has 4 nitrogen and oxygen atoms in total. The van der Waals surface area contributed by atoms with Gasteiger partial charge in [-0.05, 0) is 48.9 Å². The quantitative estimate of drug-likeness (QED) is 0.758. The molecule has 0 unspecified atom stereocenters. The van der Waals surface area contributed by atoms with Crippen LogP contribution in [-0.4, -0.2) is 24.0 Å². The highest BCUT2D eigenvalue weighted by atomic mass is 35.5. The van der Waals surface area contributed by atoms with Gasteiger partial charge in [0.2, 0.25) is 5.91 Å². The monoisotopic (exact) mass is 357 g/mol. The summed E-state index contributed by atoms with van der Waals surface area (Å²) in [4.78, 5) is 19.1. The van der Waals surface area contributed by atoms with E-state index >= 15 is 0 Å². The van der Waals surface area contributed by atoms with Crippen LogP contribution in [0.3, 0.4) is 0 Å². The first-order chi connectivity index (χ1) is 11.6. The lowest BCUT2D eigenvalue weighted by molar-refractivity contribution is -0.120. The lowest BCUT2D eigenvalue weighted by Crippen LogP contribution is -2.52. The van der Waals surface area contributed by atoms with Crippen molar-refractivity contribution in [2.45, 2.75) is 6.92 Å². The van der Waals surface area contributed by atoms with Crippen LogP contribution >= 0.6 is 22.9 Å². The van der Waals surface area contributed by atoms with Crippen molar-refractivity contribution >= 4 is 49.9 Å². The second-order valence-electron chi connectivity index (χ2n) is 6.07. The lowest BCUT2D eigenvalue weighted by atomic mass is 10.00. The van der Waals surface area contributed by atoms with Gasteiger partial charge < -0.3 is 10.2 Å². The molecule has 1 aromatic heterocycles. The van der Waals surface area contributed by atoms with Gasteiger partial charge in [0.1, 0.15) is 0 Å². The molecule has 0 spiro atoms. The first-order valence-corrected chi connectivity index (χ1v) is 8.96. The van der Waals surface area contributed by atoms with Crippen molar-refractivity contribution in [2.75, 3.05) is 23.3 Å². The Bertz CT molecular complexity index is 900. The number of halogens is 1. The molecule has 6 heteroatoms. The molecule has 0 atom stereocenters. The van der Waals surface area contributed by atoms with E-state index in [2.05, 4.69) is 40.3 Å². The minimum Gasteiger partial charge on any atom is -0.346 e. The van der Waals surface area contributed by atoms with Crippen LogP contribution in [0, 0.1) is 12.8 Å². The van der Waals surface area contributed by atoms with Gasteiger partial charge in [0.15, 0.2) is 5.13 Å². The number of hydrogen-bond donors (Lipinski definition) is 1. The van der Waals surface area contributed by atoms with E-state index in [4.69, 9.17) is 11.6 Å². The second-order valence-corrected chi connectivity index (χ2v) is 7.51. The number of anilines is 2. The minimum atomic E-state index is -0.00516. The largest absolute Gasteiger partial charge is 0.346 e. The standard InChI is InChI=1S/C18H16ClN3OS/c1-11-2-7-15-16(8-11)24-18(21-15)22-9-12(10-22)17(23)20-14-5-3-13(19)4-6-14/h2-8,12H,9-10H2,1H3,(H,20,23). The summed E-state index contributed by atoms with van der Waals surface area (Å²) in [5.41, 5.74) is 3.04. The number of aromatic nitrogens is 1. The smallest absolute Gasteiger partial charge is 0.231 e. The molecule has 2 aromatic carbocycles. The van der Waals surface area contributed by atoms with Crippen molar-refractivity contribution in [3.63, 3.8) is 0 Å². The average Bonchev–Trinajstić information content (AvgIpc) is 2.90. The fraction of sp³-hybridized carbons (Fsp3) is 0.222. The third-order valence-electron chi connectivity index (χ3n) is 4.17. The van der Waals surface area contributed by atoms with Gasteiger partial charge in [-0.2, -0.15) is 0 Å². The molecule has 2 heterocycles. The van der Waals surface area contributed by atoms with Crippen LogP contribution in [0.15, 0.2) is 42.5 Å². The Labute approximate surface area is 149 Å². The van der Waals surface area contributed by atoms with E-state index in [1.807, 2.05) is 12.1 Å². The van der Waals surface area contributed by atoms with Crippen molar-refractivity contribution in [1.82, 2.24) is 4.98 Å². The van der Waals surface area contributed by atoms with E-state index in [1.54, 1.807) is 23.5 Å². The van der Waals surface area contributed by atoms with Gasteiger partial charge in [0, 0.05) is 23.8 Å². The Kier molecular flexibility index (Phi) is 3.90. The highest BCUT2D eigenvalue weighted by molar-refractivity contribution is 7.22. The number of fused-ring (bicyclic) bond motifs is 1. The Morgan fingerprint density at radius 2 is 2.00 bits per heavy atom. The third-order valence-corrected chi connectivity index (χ3v) is 5.50. The summed E-state index contributed by atoms with van der Waals surface area (Å²) in [7, 11) is 0. The average molecular weight is 358 g/mol. The van der Waals surface area contributed by atoms with E-state index in [0.29, 0.717) is 18.1 Å². The van der Waals surface area contributed by atoms with Crippen LogP contribution in [0.2, 0.25) is 5.02 Å². The lowest BCUT2D eigenvalue weighted by Gasteiger charge is -2.37. The van der Waals surface area contributed by atoms with E-state index in [1.165, 1.54) is 10.3 Å². The minimum absolute atomic E-state index is 0.00516. The van der Waals surface area contributed by atoms with Gasteiger partial charge in [-0.1, -0.05) is 29.0 Å². The Morgan fingerprint density at radius 3 is 2.75 bits per heavy atom. The molecule has 0 saturated carbocycles. The highest BCUT2D eigenvalue weighted by Crippen LogP contribution is 2.33. The van der Waals surface area contributed by atoms with E-state index in [0.717, 1.165) is 16.3 Å². The normalized spacial score (nSPS) is 14.7. The van der Waals surface area contributed by atoms with Crippen LogP contribution in [0.5, 0.6) is 0 Å². The topological polar surface area (TPSA) is 45.2 Å². The number of carbonyl (C=O) groups excluding carboxylic acids is 1. The molecule has 1 amide bonds. The number of rotatable bonds is 3. The zero-order chi connectivity index (χ0) is 16.7. The second kappa shape index (κ2) is 6.07. The first kappa shape index (κ1) is 15.4. The van der Waals surface area contributed by atoms with Gasteiger partial charge in [-0.25, -0.2) is 4.98 Å². The molecule has 24 heavy (non-hydrogen) atoms. The van der Waals surface area contributed by atoms with Crippen LogP contribution in [0.25, 0.3) is 10.2 Å². The molecule has 4 rings (SSSR count). The van der Waals surface area contributed by atoms with Crippen LogP contribution in [0.1, 0.15) is 5.56 Å². The molecule has 3 aromatic rings. The number of nitrogens with one attached hydrogen (secondary N) is 1. The molecular formula is C18H16ClN3OS. The number of thiazole rings is 1. The maximum absolute atomic E-state index is 12.3. The SMILES string of the molecule is Cc1ccc2nc(N3CC(C(=O)Nc4ccc(Cl)cc4)C3)sc2c1. The number of nitrogens with zero attached hydrogens (tertiary/aromatic N) is 2. The Balaban J connectivity index is 1.39. The van der Waals surface area contributed by atoms with E-state index < -0.39 is 0 Å². The van der Waals surface area contributed by atoms with Gasteiger partial charge >= 0.3 is 0 Å². The van der Waals surface area contributed by atoms with E-state index in [-0.39, 0.29) is 11.8 Å². The molecule has 122 valence electrons. The third kappa shape index (κ3) is 2.97. The molecule has 0 radical (unpaired) electrons. The summed E-state index contributed by atoms with van der Waals surface area (Å²) >= 11 is 7.54. The molecule has 1 aliphatic rings. The van der Waals surface area contributed by atoms with Gasteiger partial charge in [0.05, 0.1) is 16.1 Å². The molecule has 1 N–H and O–H groups in total. The Morgan fingerprint density at radius 1 is 1.25 bits per heavy atom. The molecule has 1 aliphatic heterocycles. The van der Waals surface area contributed by atoms with Crippen LogP contribution in [0.4, 0.5) is 10.8 Å². The van der Waals surface area contributed by atoms with Crippen molar-refractivity contribution in [3.8, 4) is 0 Å². The zero-order valence-corrected chi connectivity index (χ0v) is 14.7. The number of amides is 1. The summed E-state index contributed by atoms with van der Waals surface area (Å²) < 4.78 is 1.19. The van der Waals surface area contributed by atoms with Crippen LogP contribution in [-0.2, 0) is 4.79 Å². The predicted octanol–water partition coefficient (Wildman–Crippen LogP) is 4.33. The summed E-state index contributed by atoms with van der Waals surface area (Å²) in [6.07, 6.45) is 0. The van der Waals surface area contributed by atoms with Crippen molar-refractivity contribution in [1.29, 1.82) is 0 Å². The van der Waals surface area contributed by atoms with Crippen LogP contribution < -0.4 is 10.2 Å². The molecule has 0 aliphatic carbocycles. The molecule has 1 fully saturated rings. The van der Waals surface area contributed by atoms with Crippen molar-refractivity contribution < 1.29 is 4.79 Å². The molecule has 0 bridgehead atoms.